The fourth-order valence-electron chi connectivity index (χ4n) is 4.52. The fraction of sp³-hybridized carbons (Fsp3) is 0.556. The van der Waals surface area contributed by atoms with Gasteiger partial charge in [-0.25, -0.2) is 16.8 Å². The first-order chi connectivity index (χ1) is 17.0. The first kappa shape index (κ1) is 29.4. The molecule has 8 nitrogen and oxygen atoms in total. The SMILES string of the molecule is COc1ccc(S(=O)(=O)N2CCCN(S(=O)(=O)c3ccc(OC)c(C(C)(C)C)c3)CC2)cc1C(C)(C)C. The van der Waals surface area contributed by atoms with Crippen molar-refractivity contribution < 1.29 is 26.3 Å². The van der Waals surface area contributed by atoms with E-state index in [9.17, 15) is 16.8 Å². The molecule has 0 unspecified atom stereocenters. The Morgan fingerprint density at radius 2 is 0.973 bits per heavy atom. The minimum atomic E-state index is -3.82. The number of hydrogen-bond acceptors (Lipinski definition) is 6. The van der Waals surface area contributed by atoms with Crippen molar-refractivity contribution in [3.8, 4) is 11.5 Å². The minimum Gasteiger partial charge on any atom is -0.496 e. The van der Waals surface area contributed by atoms with Crippen molar-refractivity contribution in [1.29, 1.82) is 0 Å². The van der Waals surface area contributed by atoms with Gasteiger partial charge in [-0.1, -0.05) is 41.5 Å². The van der Waals surface area contributed by atoms with Gasteiger partial charge >= 0.3 is 0 Å². The van der Waals surface area contributed by atoms with Crippen LogP contribution >= 0.6 is 0 Å². The Morgan fingerprint density at radius 1 is 0.622 bits per heavy atom. The van der Waals surface area contributed by atoms with Crippen LogP contribution in [0.25, 0.3) is 0 Å². The van der Waals surface area contributed by atoms with Gasteiger partial charge in [-0.2, -0.15) is 8.61 Å². The average molecular weight is 553 g/mol. The van der Waals surface area contributed by atoms with Gasteiger partial charge in [-0.3, -0.25) is 0 Å². The van der Waals surface area contributed by atoms with E-state index >= 15 is 0 Å². The van der Waals surface area contributed by atoms with E-state index in [1.807, 2.05) is 41.5 Å². The Hall–Kier alpha value is -2.14. The normalized spacial score (nSPS) is 16.9. The maximum atomic E-state index is 13.6. The predicted molar refractivity (Wildman–Crippen MR) is 146 cm³/mol. The Bertz CT molecular complexity index is 1240. The van der Waals surface area contributed by atoms with Gasteiger partial charge in [-0.05, 0) is 53.6 Å². The van der Waals surface area contributed by atoms with Crippen molar-refractivity contribution in [3.63, 3.8) is 0 Å². The Kier molecular flexibility index (Phi) is 8.39. The highest BCUT2D eigenvalue weighted by Crippen LogP contribution is 2.35. The first-order valence-corrected chi connectivity index (χ1v) is 15.3. The second-order valence-corrected chi connectivity index (χ2v) is 15.3. The van der Waals surface area contributed by atoms with Crippen molar-refractivity contribution >= 4 is 20.0 Å². The Labute approximate surface area is 222 Å². The third kappa shape index (κ3) is 6.13. The number of methoxy groups -OCH3 is 2. The van der Waals surface area contributed by atoms with Gasteiger partial charge in [0, 0.05) is 37.3 Å². The van der Waals surface area contributed by atoms with Gasteiger partial charge < -0.3 is 9.47 Å². The Morgan fingerprint density at radius 3 is 1.27 bits per heavy atom. The average Bonchev–Trinajstić information content (AvgIpc) is 3.09. The maximum absolute atomic E-state index is 13.6. The zero-order valence-electron chi connectivity index (χ0n) is 23.2. The third-order valence-corrected chi connectivity index (χ3v) is 10.4. The molecule has 1 heterocycles. The van der Waals surface area contributed by atoms with E-state index in [4.69, 9.17) is 9.47 Å². The molecule has 2 aromatic carbocycles. The molecule has 1 aliphatic rings. The summed E-state index contributed by atoms with van der Waals surface area (Å²) in [6.07, 6.45) is 0.392. The molecule has 0 amide bonds. The summed E-state index contributed by atoms with van der Waals surface area (Å²) in [6, 6.07) is 9.79. The van der Waals surface area contributed by atoms with Crippen LogP contribution in [0, 0.1) is 0 Å². The summed E-state index contributed by atoms with van der Waals surface area (Å²) in [6.45, 7) is 12.6. The van der Waals surface area contributed by atoms with Crippen LogP contribution < -0.4 is 9.47 Å². The predicted octanol–water partition coefficient (Wildman–Crippen LogP) is 4.38. The number of sulfonamides is 2. The standard InChI is InChI=1S/C27H40N2O6S2/c1-26(2,3)22-18-20(10-12-24(22)34-7)36(30,31)28-14-9-15-29(17-16-28)37(32,33)21-11-13-25(35-8)23(19-21)27(4,5)6/h10-13,18-19H,9,14-17H2,1-8H3. The first-order valence-electron chi connectivity index (χ1n) is 12.4. The highest BCUT2D eigenvalue weighted by atomic mass is 32.2. The number of rotatable bonds is 6. The lowest BCUT2D eigenvalue weighted by atomic mass is 9.86. The quantitative estimate of drug-likeness (QED) is 0.528. The lowest BCUT2D eigenvalue weighted by molar-refractivity contribution is 0.394. The molecular weight excluding hydrogens is 512 g/mol. The second kappa shape index (κ2) is 10.6. The molecule has 0 atom stereocenters. The summed E-state index contributed by atoms with van der Waals surface area (Å²) in [5, 5.41) is 0. The molecule has 0 radical (unpaired) electrons. The van der Waals surface area contributed by atoms with Gasteiger partial charge in [-0.15, -0.1) is 0 Å². The lowest BCUT2D eigenvalue weighted by Crippen LogP contribution is -2.37. The summed E-state index contributed by atoms with van der Waals surface area (Å²) in [7, 11) is -4.51. The van der Waals surface area contributed by atoms with Crippen LogP contribution in [0.15, 0.2) is 46.2 Å². The van der Waals surface area contributed by atoms with Crippen LogP contribution in [0.2, 0.25) is 0 Å². The number of hydrogen-bond donors (Lipinski definition) is 0. The highest BCUT2D eigenvalue weighted by Gasteiger charge is 2.33. The number of nitrogens with zero attached hydrogens (tertiary/aromatic N) is 2. The van der Waals surface area contributed by atoms with Crippen molar-refractivity contribution in [1.82, 2.24) is 8.61 Å². The van der Waals surface area contributed by atoms with E-state index in [-0.39, 0.29) is 46.8 Å². The van der Waals surface area contributed by atoms with E-state index in [1.54, 1.807) is 50.6 Å². The molecular formula is C27H40N2O6S2. The van der Waals surface area contributed by atoms with E-state index in [0.29, 0.717) is 17.9 Å². The van der Waals surface area contributed by atoms with Crippen molar-refractivity contribution in [3.05, 3.63) is 47.5 Å². The molecule has 37 heavy (non-hydrogen) atoms. The van der Waals surface area contributed by atoms with Gasteiger partial charge in [0.1, 0.15) is 11.5 Å². The largest absolute Gasteiger partial charge is 0.496 e. The molecule has 10 heteroatoms. The van der Waals surface area contributed by atoms with Crippen LogP contribution in [-0.2, 0) is 30.9 Å². The summed E-state index contributed by atoms with van der Waals surface area (Å²) in [4.78, 5) is 0.360. The van der Waals surface area contributed by atoms with Gasteiger partial charge in [0.15, 0.2) is 0 Å². The zero-order chi connectivity index (χ0) is 27.8. The van der Waals surface area contributed by atoms with E-state index in [2.05, 4.69) is 0 Å². The topological polar surface area (TPSA) is 93.2 Å². The molecule has 1 saturated heterocycles. The third-order valence-electron chi connectivity index (χ3n) is 6.65. The molecule has 0 aliphatic carbocycles. The lowest BCUT2D eigenvalue weighted by Gasteiger charge is -2.26. The molecule has 1 fully saturated rings. The van der Waals surface area contributed by atoms with Crippen LogP contribution in [0.4, 0.5) is 0 Å². The van der Waals surface area contributed by atoms with Crippen LogP contribution in [0.1, 0.15) is 59.1 Å². The summed E-state index contributed by atoms with van der Waals surface area (Å²) >= 11 is 0. The van der Waals surface area contributed by atoms with Crippen LogP contribution in [0.3, 0.4) is 0 Å². The number of benzene rings is 2. The fourth-order valence-corrected chi connectivity index (χ4v) is 7.51. The molecule has 3 rings (SSSR count). The van der Waals surface area contributed by atoms with E-state index < -0.39 is 20.0 Å². The molecule has 2 aromatic rings. The van der Waals surface area contributed by atoms with Crippen LogP contribution in [-0.4, -0.2) is 65.8 Å². The molecule has 0 bridgehead atoms. The zero-order valence-corrected chi connectivity index (χ0v) is 24.8. The van der Waals surface area contributed by atoms with Gasteiger partial charge in [0.05, 0.1) is 24.0 Å². The highest BCUT2D eigenvalue weighted by molar-refractivity contribution is 7.89. The molecule has 0 spiro atoms. The van der Waals surface area contributed by atoms with E-state index in [0.717, 1.165) is 11.1 Å². The van der Waals surface area contributed by atoms with Gasteiger partial charge in [0.25, 0.3) is 0 Å². The van der Waals surface area contributed by atoms with Crippen LogP contribution in [0.5, 0.6) is 11.5 Å². The molecule has 206 valence electrons. The Balaban J connectivity index is 1.89. The summed E-state index contributed by atoms with van der Waals surface area (Å²) in [5.74, 6) is 1.27. The second-order valence-electron chi connectivity index (χ2n) is 11.4. The molecule has 0 saturated carbocycles. The molecule has 0 aromatic heterocycles. The van der Waals surface area contributed by atoms with Crippen molar-refractivity contribution in [2.24, 2.45) is 0 Å². The van der Waals surface area contributed by atoms with E-state index in [1.165, 1.54) is 8.61 Å². The maximum Gasteiger partial charge on any atom is 0.243 e. The molecule has 0 N–H and O–H groups in total. The van der Waals surface area contributed by atoms with Crippen molar-refractivity contribution in [2.45, 2.75) is 68.6 Å². The monoisotopic (exact) mass is 552 g/mol. The van der Waals surface area contributed by atoms with Crippen molar-refractivity contribution in [2.75, 3.05) is 40.4 Å². The minimum absolute atomic E-state index is 0.0702. The summed E-state index contributed by atoms with van der Waals surface area (Å²) in [5.41, 5.74) is 0.962. The molecule has 1 aliphatic heterocycles. The number of ether oxygens (including phenoxy) is 2. The summed E-state index contributed by atoms with van der Waals surface area (Å²) < 4.78 is 68.0. The van der Waals surface area contributed by atoms with Gasteiger partial charge in [0.2, 0.25) is 20.0 Å². The smallest absolute Gasteiger partial charge is 0.243 e.